The molecule has 2 aromatic carbocycles. The van der Waals surface area contributed by atoms with E-state index in [-0.39, 0.29) is 18.5 Å². The molecule has 0 atom stereocenters. The predicted molar refractivity (Wildman–Crippen MR) is 145 cm³/mol. The van der Waals surface area contributed by atoms with Crippen molar-refractivity contribution in [2.45, 2.75) is 43.7 Å². The van der Waals surface area contributed by atoms with Gasteiger partial charge in [0.05, 0.1) is 32.0 Å². The van der Waals surface area contributed by atoms with Crippen molar-refractivity contribution in [2.75, 3.05) is 20.8 Å². The molecule has 0 radical (unpaired) electrons. The van der Waals surface area contributed by atoms with Gasteiger partial charge < -0.3 is 14.8 Å². The van der Waals surface area contributed by atoms with Gasteiger partial charge in [0, 0.05) is 29.8 Å². The molecule has 0 aliphatic heterocycles. The number of para-hydroxylation sites is 2. The molecule has 10 heteroatoms. The second-order valence-electron chi connectivity index (χ2n) is 9.40. The quantitative estimate of drug-likeness (QED) is 0.345. The van der Waals surface area contributed by atoms with Gasteiger partial charge in [-0.05, 0) is 56.0 Å². The molecule has 202 valence electrons. The Morgan fingerprint density at radius 2 is 1.61 bits per heavy atom. The Bertz CT molecular complexity index is 1330. The number of amides is 1. The monoisotopic (exact) mass is 538 g/mol. The Kier molecular flexibility index (Phi) is 8.98. The summed E-state index contributed by atoms with van der Waals surface area (Å²) < 4.78 is 41.8. The molecule has 4 rings (SSSR count). The summed E-state index contributed by atoms with van der Waals surface area (Å²) in [6.45, 7) is 0.491. The van der Waals surface area contributed by atoms with E-state index in [2.05, 4.69) is 19.7 Å². The number of rotatable bonds is 11. The first-order valence-corrected chi connectivity index (χ1v) is 14.1. The van der Waals surface area contributed by atoms with Crippen molar-refractivity contribution in [1.82, 2.24) is 19.7 Å². The van der Waals surface area contributed by atoms with Gasteiger partial charge in [-0.1, -0.05) is 36.4 Å². The molecule has 1 aliphatic carbocycles. The van der Waals surface area contributed by atoms with Crippen molar-refractivity contribution in [2.24, 2.45) is 0 Å². The average Bonchev–Trinajstić information content (AvgIpc) is 2.96. The molecule has 1 fully saturated rings. The minimum Gasteiger partial charge on any atom is -0.496 e. The standard InChI is InChI=1S/C28H34N4O5S/c1-36-25-12-5-3-10-23(25)27(33)30-20-28(24-11-4-6-13-26(24)37-2)16-14-21(15-17-28)32-38(34,35)31-19-22-9-7-8-18-29-22/h3-13,18,21,31-32H,14-17,19-20H2,1-2H3,(H,30,33)/t21-,28+. The highest BCUT2D eigenvalue weighted by atomic mass is 32.2. The number of aromatic nitrogens is 1. The van der Waals surface area contributed by atoms with Crippen LogP contribution in [-0.2, 0) is 22.2 Å². The number of hydrogen-bond donors (Lipinski definition) is 3. The maximum Gasteiger partial charge on any atom is 0.277 e. The third-order valence-electron chi connectivity index (χ3n) is 7.05. The van der Waals surface area contributed by atoms with E-state index < -0.39 is 15.6 Å². The van der Waals surface area contributed by atoms with Gasteiger partial charge >= 0.3 is 0 Å². The fraction of sp³-hybridized carbons (Fsp3) is 0.357. The van der Waals surface area contributed by atoms with Crippen LogP contribution in [0.15, 0.2) is 72.9 Å². The molecule has 1 heterocycles. The SMILES string of the molecule is COc1ccccc1C(=O)NC[C@]1(c2ccccc2OC)CC[C@@H](NS(=O)(=O)NCc2ccccn2)CC1. The van der Waals surface area contributed by atoms with Crippen LogP contribution in [0.4, 0.5) is 0 Å². The van der Waals surface area contributed by atoms with Crippen molar-refractivity contribution < 1.29 is 22.7 Å². The Hall–Kier alpha value is -3.47. The Morgan fingerprint density at radius 1 is 0.947 bits per heavy atom. The van der Waals surface area contributed by atoms with Gasteiger partial charge in [0.15, 0.2) is 0 Å². The molecule has 1 aromatic heterocycles. The number of nitrogens with one attached hydrogen (secondary N) is 3. The Morgan fingerprint density at radius 3 is 2.29 bits per heavy atom. The lowest BCUT2D eigenvalue weighted by Gasteiger charge is -2.41. The largest absolute Gasteiger partial charge is 0.496 e. The van der Waals surface area contributed by atoms with Crippen molar-refractivity contribution >= 4 is 16.1 Å². The summed E-state index contributed by atoms with van der Waals surface area (Å²) in [5, 5.41) is 3.10. The van der Waals surface area contributed by atoms with E-state index in [9.17, 15) is 13.2 Å². The lowest BCUT2D eigenvalue weighted by molar-refractivity contribution is 0.0931. The van der Waals surface area contributed by atoms with E-state index in [1.165, 1.54) is 7.11 Å². The molecule has 1 saturated carbocycles. The van der Waals surface area contributed by atoms with Crippen molar-refractivity contribution in [3.05, 3.63) is 89.7 Å². The smallest absolute Gasteiger partial charge is 0.277 e. The van der Waals surface area contributed by atoms with E-state index in [1.54, 1.807) is 43.6 Å². The van der Waals surface area contributed by atoms with Crippen molar-refractivity contribution in [3.8, 4) is 11.5 Å². The summed E-state index contributed by atoms with van der Waals surface area (Å²) in [6, 6.07) is 20.0. The predicted octanol–water partition coefficient (Wildman–Crippen LogP) is 3.33. The van der Waals surface area contributed by atoms with Gasteiger partial charge in [0.25, 0.3) is 16.1 Å². The molecule has 1 aliphatic rings. The number of pyridine rings is 1. The highest BCUT2D eigenvalue weighted by molar-refractivity contribution is 7.87. The van der Waals surface area contributed by atoms with Crippen LogP contribution >= 0.6 is 0 Å². The zero-order chi connectivity index (χ0) is 27.0. The number of carbonyl (C=O) groups is 1. The van der Waals surface area contributed by atoms with Crippen LogP contribution in [-0.4, -0.2) is 46.1 Å². The molecule has 0 unspecified atom stereocenters. The Labute approximate surface area is 224 Å². The topological polar surface area (TPSA) is 119 Å². The highest BCUT2D eigenvalue weighted by Crippen LogP contribution is 2.43. The van der Waals surface area contributed by atoms with Crippen LogP contribution in [0, 0.1) is 0 Å². The Balaban J connectivity index is 1.47. The minimum absolute atomic E-state index is 0.114. The van der Waals surface area contributed by atoms with E-state index >= 15 is 0 Å². The van der Waals surface area contributed by atoms with Crippen LogP contribution < -0.4 is 24.2 Å². The van der Waals surface area contributed by atoms with Crippen LogP contribution in [0.25, 0.3) is 0 Å². The van der Waals surface area contributed by atoms with Crippen LogP contribution in [0.5, 0.6) is 11.5 Å². The fourth-order valence-electron chi connectivity index (χ4n) is 5.02. The second-order valence-corrected chi connectivity index (χ2v) is 10.9. The third-order valence-corrected chi connectivity index (χ3v) is 8.22. The number of carbonyl (C=O) groups excluding carboxylic acids is 1. The van der Waals surface area contributed by atoms with Gasteiger partial charge in [-0.15, -0.1) is 0 Å². The maximum atomic E-state index is 13.1. The molecule has 1 amide bonds. The van der Waals surface area contributed by atoms with E-state index in [4.69, 9.17) is 9.47 Å². The summed E-state index contributed by atoms with van der Waals surface area (Å²) in [5.74, 6) is 1.03. The average molecular weight is 539 g/mol. The van der Waals surface area contributed by atoms with Crippen LogP contribution in [0.1, 0.15) is 47.3 Å². The zero-order valence-electron chi connectivity index (χ0n) is 21.6. The minimum atomic E-state index is -3.71. The maximum absolute atomic E-state index is 13.1. The number of methoxy groups -OCH3 is 2. The van der Waals surface area contributed by atoms with Gasteiger partial charge in [-0.2, -0.15) is 17.9 Å². The molecule has 0 saturated heterocycles. The van der Waals surface area contributed by atoms with Crippen LogP contribution in [0.3, 0.4) is 0 Å². The first-order chi connectivity index (χ1) is 18.4. The van der Waals surface area contributed by atoms with E-state index in [0.717, 1.165) is 11.3 Å². The molecular weight excluding hydrogens is 504 g/mol. The summed E-state index contributed by atoms with van der Waals surface area (Å²) in [5.41, 5.74) is 1.68. The van der Waals surface area contributed by atoms with E-state index in [0.29, 0.717) is 49.2 Å². The first-order valence-electron chi connectivity index (χ1n) is 12.6. The van der Waals surface area contributed by atoms with Crippen molar-refractivity contribution in [1.29, 1.82) is 0 Å². The zero-order valence-corrected chi connectivity index (χ0v) is 22.5. The molecule has 9 nitrogen and oxygen atoms in total. The van der Waals surface area contributed by atoms with Gasteiger partial charge in [-0.25, -0.2) is 0 Å². The van der Waals surface area contributed by atoms with E-state index in [1.807, 2.05) is 36.4 Å². The lowest BCUT2D eigenvalue weighted by atomic mass is 9.68. The molecule has 0 spiro atoms. The number of benzene rings is 2. The van der Waals surface area contributed by atoms with Crippen LogP contribution in [0.2, 0.25) is 0 Å². The second kappa shape index (κ2) is 12.4. The summed E-state index contributed by atoms with van der Waals surface area (Å²) >= 11 is 0. The van der Waals surface area contributed by atoms with Gasteiger partial charge in [-0.3, -0.25) is 9.78 Å². The molecule has 38 heavy (non-hydrogen) atoms. The molecule has 0 bridgehead atoms. The van der Waals surface area contributed by atoms with Crippen molar-refractivity contribution in [3.63, 3.8) is 0 Å². The third kappa shape index (κ3) is 6.69. The normalized spacial score (nSPS) is 19.5. The number of nitrogens with zero attached hydrogens (tertiary/aromatic N) is 1. The molecule has 3 aromatic rings. The summed E-state index contributed by atoms with van der Waals surface area (Å²) in [4.78, 5) is 17.3. The summed E-state index contributed by atoms with van der Waals surface area (Å²) in [6.07, 6.45) is 4.16. The molecule has 3 N–H and O–H groups in total. The fourth-order valence-corrected chi connectivity index (χ4v) is 6.12. The van der Waals surface area contributed by atoms with Gasteiger partial charge in [0.1, 0.15) is 11.5 Å². The summed E-state index contributed by atoms with van der Waals surface area (Å²) in [7, 11) is -0.542. The first kappa shape index (κ1) is 27.6. The highest BCUT2D eigenvalue weighted by Gasteiger charge is 2.40. The number of hydrogen-bond acceptors (Lipinski definition) is 6. The van der Waals surface area contributed by atoms with Gasteiger partial charge in [0.2, 0.25) is 0 Å². The molecular formula is C28H34N4O5S. The number of ether oxygens (including phenoxy) is 2. The lowest BCUT2D eigenvalue weighted by Crippen LogP contribution is -2.49.